The Morgan fingerprint density at radius 1 is 1.05 bits per heavy atom. The predicted molar refractivity (Wildman–Crippen MR) is 165 cm³/mol. The highest BCUT2D eigenvalue weighted by Crippen LogP contribution is 2.41. The number of fused-ring (bicyclic) bond motifs is 1. The van der Waals surface area contributed by atoms with Crippen molar-refractivity contribution in [3.63, 3.8) is 0 Å². The van der Waals surface area contributed by atoms with Gasteiger partial charge in [0.05, 0.1) is 24.3 Å². The smallest absolute Gasteiger partial charge is 0.344 e. The maximum atomic E-state index is 12.8. The van der Waals surface area contributed by atoms with Crippen LogP contribution >= 0.6 is 43.6 Å². The second-order valence-corrected chi connectivity index (χ2v) is 11.5. The van der Waals surface area contributed by atoms with Gasteiger partial charge in [0.15, 0.2) is 0 Å². The van der Waals surface area contributed by atoms with Crippen LogP contribution in [0.15, 0.2) is 103 Å². The molecular weight excluding hydrogens is 644 g/mol. The maximum Gasteiger partial charge on any atom is 0.344 e. The van der Waals surface area contributed by atoms with Crippen LogP contribution in [0.4, 0.5) is 5.69 Å². The van der Waals surface area contributed by atoms with Crippen molar-refractivity contribution in [3.05, 3.63) is 109 Å². The van der Waals surface area contributed by atoms with Gasteiger partial charge in [-0.1, -0.05) is 55.8 Å². The van der Waals surface area contributed by atoms with Crippen molar-refractivity contribution in [1.29, 1.82) is 0 Å². The Hall–Kier alpha value is -3.27. The number of rotatable bonds is 7. The molecule has 39 heavy (non-hydrogen) atoms. The monoisotopic (exact) mass is 666 g/mol. The number of esters is 1. The average Bonchev–Trinajstić information content (AvgIpc) is 3.41. The first-order chi connectivity index (χ1) is 18.9. The minimum Gasteiger partial charge on any atom is -0.506 e. The minimum absolute atomic E-state index is 0.0590. The molecule has 1 aliphatic rings. The third kappa shape index (κ3) is 6.00. The second-order valence-electron chi connectivity index (χ2n) is 8.67. The van der Waals surface area contributed by atoms with Crippen LogP contribution < -0.4 is 4.74 Å². The zero-order valence-electron chi connectivity index (χ0n) is 21.2. The van der Waals surface area contributed by atoms with Gasteiger partial charge in [-0.05, 0) is 73.2 Å². The molecule has 0 fully saturated rings. The van der Waals surface area contributed by atoms with E-state index in [1.54, 1.807) is 38.3 Å². The molecule has 3 aromatic carbocycles. The third-order valence-electron chi connectivity index (χ3n) is 6.10. The summed E-state index contributed by atoms with van der Waals surface area (Å²) in [5.41, 5.74) is 3.81. The van der Waals surface area contributed by atoms with Crippen molar-refractivity contribution >= 4 is 77.3 Å². The lowest BCUT2D eigenvalue weighted by Crippen LogP contribution is -2.12. The lowest BCUT2D eigenvalue weighted by Gasteiger charge is -2.06. The number of aliphatic hydroxyl groups excluding tert-OH is 1. The summed E-state index contributed by atoms with van der Waals surface area (Å²) in [4.78, 5) is 18.0. The molecular formula is C30H24Br2N2O4S. The van der Waals surface area contributed by atoms with Gasteiger partial charge in [-0.3, -0.25) is 0 Å². The van der Waals surface area contributed by atoms with E-state index in [0.29, 0.717) is 27.9 Å². The summed E-state index contributed by atoms with van der Waals surface area (Å²) in [6.45, 7) is 2.60. The van der Waals surface area contributed by atoms with Gasteiger partial charge in [-0.25, -0.2) is 9.79 Å². The highest BCUT2D eigenvalue weighted by molar-refractivity contribution is 9.10. The molecule has 1 aromatic heterocycles. The van der Waals surface area contributed by atoms with Gasteiger partial charge in [0.25, 0.3) is 0 Å². The van der Waals surface area contributed by atoms with Gasteiger partial charge in [-0.15, -0.1) is 0 Å². The molecule has 9 heteroatoms. The van der Waals surface area contributed by atoms with E-state index in [1.165, 1.54) is 11.8 Å². The van der Waals surface area contributed by atoms with Crippen LogP contribution in [0.1, 0.15) is 18.1 Å². The van der Waals surface area contributed by atoms with Crippen LogP contribution in [0.3, 0.4) is 0 Å². The molecule has 0 atom stereocenters. The Morgan fingerprint density at radius 2 is 1.77 bits per heavy atom. The molecule has 0 radical (unpaired) electrons. The van der Waals surface area contributed by atoms with Gasteiger partial charge in [0.2, 0.25) is 0 Å². The number of hydrogen-bond acceptors (Lipinski definition) is 6. The first kappa shape index (κ1) is 27.3. The number of aliphatic imine (C=N–C) groups is 1. The van der Waals surface area contributed by atoms with Crippen LogP contribution in [0.25, 0.3) is 17.0 Å². The van der Waals surface area contributed by atoms with Crippen molar-refractivity contribution < 1.29 is 19.4 Å². The molecule has 0 bridgehead atoms. The predicted octanol–water partition coefficient (Wildman–Crippen LogP) is 8.42. The number of benzene rings is 3. The lowest BCUT2D eigenvalue weighted by molar-refractivity contribution is -0.138. The molecule has 4 aromatic rings. The number of hydrogen-bond donors (Lipinski definition) is 1. The minimum atomic E-state index is -0.612. The Balaban J connectivity index is 1.57. The molecule has 2 heterocycles. The first-order valence-electron chi connectivity index (χ1n) is 12.1. The molecule has 0 unspecified atom stereocenters. The summed E-state index contributed by atoms with van der Waals surface area (Å²) in [6, 6.07) is 21.5. The topological polar surface area (TPSA) is 73.0 Å². The van der Waals surface area contributed by atoms with E-state index in [9.17, 15) is 9.90 Å². The van der Waals surface area contributed by atoms with Gasteiger partial charge in [0.1, 0.15) is 22.1 Å². The summed E-state index contributed by atoms with van der Waals surface area (Å²) in [5.74, 6) is -0.0543. The van der Waals surface area contributed by atoms with E-state index in [2.05, 4.69) is 71.9 Å². The van der Waals surface area contributed by atoms with E-state index in [0.717, 1.165) is 31.0 Å². The van der Waals surface area contributed by atoms with Crippen LogP contribution in [0.2, 0.25) is 0 Å². The number of nitrogens with zero attached hydrogens (tertiary/aromatic N) is 2. The fourth-order valence-electron chi connectivity index (χ4n) is 4.24. The standard InChI is InChI=1S/C30H24Br2N2O4S/c1-3-38-30(36)27-28(35)26(39-29(27)33-22-9-11-23(37-2)12-10-22)14-19-17-34(16-18-4-6-20(31)7-5-18)25-13-8-21(32)15-24(19)25/h4-15,17,35H,3,16H2,1-2H3/b26-14-,33-29?. The van der Waals surface area contributed by atoms with Gasteiger partial charge in [0, 0.05) is 38.2 Å². The lowest BCUT2D eigenvalue weighted by atomic mass is 10.1. The Bertz CT molecular complexity index is 1640. The number of thioether (sulfide) groups is 1. The Labute approximate surface area is 247 Å². The zero-order valence-corrected chi connectivity index (χ0v) is 25.1. The number of carbonyl (C=O) groups excluding carboxylic acids is 1. The number of halogens is 2. The van der Waals surface area contributed by atoms with Crippen LogP contribution in [-0.4, -0.2) is 34.4 Å². The molecule has 0 aliphatic carbocycles. The number of aliphatic hydroxyl groups is 1. The summed E-state index contributed by atoms with van der Waals surface area (Å²) in [6.07, 6.45) is 3.95. The van der Waals surface area contributed by atoms with Gasteiger partial charge < -0.3 is 19.1 Å². The van der Waals surface area contributed by atoms with Crippen LogP contribution in [-0.2, 0) is 16.1 Å². The molecule has 6 nitrogen and oxygen atoms in total. The van der Waals surface area contributed by atoms with Crippen molar-refractivity contribution in [3.8, 4) is 5.75 Å². The number of ether oxygens (including phenoxy) is 2. The molecule has 0 amide bonds. The molecule has 5 rings (SSSR count). The van der Waals surface area contributed by atoms with Crippen molar-refractivity contribution in [2.75, 3.05) is 13.7 Å². The largest absolute Gasteiger partial charge is 0.506 e. The van der Waals surface area contributed by atoms with E-state index in [-0.39, 0.29) is 17.9 Å². The van der Waals surface area contributed by atoms with E-state index in [1.807, 2.05) is 24.3 Å². The SMILES string of the molecule is CCOC(=O)C1=C(O)/C(=C/c2cn(Cc3ccc(Br)cc3)c3ccc(Br)cc23)SC1=Nc1ccc(OC)cc1. The summed E-state index contributed by atoms with van der Waals surface area (Å²) >= 11 is 8.32. The Kier molecular flexibility index (Phi) is 8.30. The van der Waals surface area contributed by atoms with Crippen LogP contribution in [0, 0.1) is 0 Å². The number of carbonyl (C=O) groups is 1. The van der Waals surface area contributed by atoms with E-state index in [4.69, 9.17) is 9.47 Å². The fourth-order valence-corrected chi connectivity index (χ4v) is 5.89. The molecule has 0 saturated heterocycles. The Morgan fingerprint density at radius 3 is 2.46 bits per heavy atom. The summed E-state index contributed by atoms with van der Waals surface area (Å²) < 4.78 is 14.6. The second kappa shape index (κ2) is 11.9. The van der Waals surface area contributed by atoms with Crippen molar-refractivity contribution in [1.82, 2.24) is 4.57 Å². The normalized spacial score (nSPS) is 15.5. The third-order valence-corrected chi connectivity index (χ3v) is 8.14. The highest BCUT2D eigenvalue weighted by Gasteiger charge is 2.33. The van der Waals surface area contributed by atoms with Gasteiger partial charge in [-0.2, -0.15) is 0 Å². The average molecular weight is 668 g/mol. The van der Waals surface area contributed by atoms with Crippen LogP contribution in [0.5, 0.6) is 5.75 Å². The molecule has 1 aliphatic heterocycles. The number of aromatic nitrogens is 1. The highest BCUT2D eigenvalue weighted by atomic mass is 79.9. The quantitative estimate of drug-likeness (QED) is 0.200. The van der Waals surface area contributed by atoms with Gasteiger partial charge >= 0.3 is 5.97 Å². The van der Waals surface area contributed by atoms with Crippen molar-refractivity contribution in [2.45, 2.75) is 13.5 Å². The molecule has 1 N–H and O–H groups in total. The van der Waals surface area contributed by atoms with Crippen molar-refractivity contribution in [2.24, 2.45) is 4.99 Å². The molecule has 0 spiro atoms. The number of methoxy groups -OCH3 is 1. The maximum absolute atomic E-state index is 12.8. The summed E-state index contributed by atoms with van der Waals surface area (Å²) in [5, 5.41) is 12.6. The first-order valence-corrected chi connectivity index (χ1v) is 14.5. The van der Waals surface area contributed by atoms with E-state index < -0.39 is 5.97 Å². The molecule has 0 saturated carbocycles. The fraction of sp³-hybridized carbons (Fsp3) is 0.133. The molecule has 198 valence electrons. The zero-order chi connectivity index (χ0) is 27.5. The van der Waals surface area contributed by atoms with E-state index >= 15 is 0 Å². The summed E-state index contributed by atoms with van der Waals surface area (Å²) in [7, 11) is 1.60.